The van der Waals surface area contributed by atoms with Gasteiger partial charge in [-0.2, -0.15) is 0 Å². The van der Waals surface area contributed by atoms with Gasteiger partial charge in [0.15, 0.2) is 5.78 Å². The monoisotopic (exact) mass is 388 g/mol. The molecule has 0 aromatic heterocycles. The number of carbonyl (C=O) groups is 1. The molecule has 0 bridgehead atoms. The van der Waals surface area contributed by atoms with Crippen LogP contribution < -0.4 is 4.74 Å². The summed E-state index contributed by atoms with van der Waals surface area (Å²) in [5.74, 6) is 0.478. The lowest BCUT2D eigenvalue weighted by atomic mass is 9.93. The number of ether oxygens (including phenoxy) is 2. The summed E-state index contributed by atoms with van der Waals surface area (Å²) in [5, 5.41) is 20.0. The van der Waals surface area contributed by atoms with E-state index in [0.29, 0.717) is 11.4 Å². The Morgan fingerprint density at radius 3 is 2.85 bits per heavy atom. The maximum Gasteiger partial charge on any atom is 0.192 e. The first-order chi connectivity index (χ1) is 13.0. The van der Waals surface area contributed by atoms with Gasteiger partial charge in [0.2, 0.25) is 0 Å². The van der Waals surface area contributed by atoms with Gasteiger partial charge in [0, 0.05) is 17.9 Å². The minimum absolute atomic E-state index is 0.173. The number of ketones is 1. The summed E-state index contributed by atoms with van der Waals surface area (Å²) in [6.45, 7) is 0.283. The zero-order chi connectivity index (χ0) is 19.0. The molecule has 4 rings (SSSR count). The summed E-state index contributed by atoms with van der Waals surface area (Å²) in [7, 11) is 0. The number of halogens is 1. The summed E-state index contributed by atoms with van der Waals surface area (Å²) >= 11 is 6.40. The molecular weight excluding hydrogens is 368 g/mol. The Balaban J connectivity index is 1.57. The van der Waals surface area contributed by atoms with E-state index in [2.05, 4.69) is 6.07 Å². The number of hydrogen-bond acceptors (Lipinski definition) is 5. The molecule has 2 aromatic carbocycles. The van der Waals surface area contributed by atoms with Crippen molar-refractivity contribution < 1.29 is 24.5 Å². The van der Waals surface area contributed by atoms with Gasteiger partial charge in [0.1, 0.15) is 18.0 Å². The topological polar surface area (TPSA) is 76.0 Å². The molecule has 0 saturated carbocycles. The average Bonchev–Trinajstić information content (AvgIpc) is 3.13. The average molecular weight is 389 g/mol. The summed E-state index contributed by atoms with van der Waals surface area (Å²) in [6, 6.07) is 11.8. The van der Waals surface area contributed by atoms with Crippen molar-refractivity contribution in [2.75, 3.05) is 13.2 Å². The van der Waals surface area contributed by atoms with E-state index in [-0.39, 0.29) is 6.42 Å². The molecule has 6 heteroatoms. The third-order valence-electron chi connectivity index (χ3n) is 5.17. The van der Waals surface area contributed by atoms with Crippen molar-refractivity contribution in [1.82, 2.24) is 0 Å². The molecule has 142 valence electrons. The van der Waals surface area contributed by atoms with Crippen LogP contribution in [0.25, 0.3) is 0 Å². The van der Waals surface area contributed by atoms with Gasteiger partial charge < -0.3 is 19.7 Å². The van der Waals surface area contributed by atoms with E-state index in [1.807, 2.05) is 30.3 Å². The van der Waals surface area contributed by atoms with Crippen LogP contribution in [0.1, 0.15) is 34.8 Å². The third-order valence-corrected chi connectivity index (χ3v) is 5.54. The molecule has 2 aliphatic rings. The fraction of sp³-hybridized carbons (Fsp3) is 0.381. The fourth-order valence-electron chi connectivity index (χ4n) is 3.70. The first-order valence-electron chi connectivity index (χ1n) is 9.06. The third kappa shape index (κ3) is 3.73. The lowest BCUT2D eigenvalue weighted by Crippen LogP contribution is -2.43. The van der Waals surface area contributed by atoms with Gasteiger partial charge in [-0.3, -0.25) is 4.79 Å². The van der Waals surface area contributed by atoms with E-state index < -0.39 is 30.7 Å². The van der Waals surface area contributed by atoms with Gasteiger partial charge in [-0.1, -0.05) is 35.9 Å². The molecule has 1 fully saturated rings. The maximum absolute atomic E-state index is 11.8. The Labute approximate surface area is 162 Å². The lowest BCUT2D eigenvalue weighted by molar-refractivity contribution is -0.161. The Morgan fingerprint density at radius 2 is 2.04 bits per heavy atom. The summed E-state index contributed by atoms with van der Waals surface area (Å²) in [6.07, 6.45) is -0.823. The van der Waals surface area contributed by atoms with Crippen LogP contribution in [-0.2, 0) is 22.4 Å². The molecule has 27 heavy (non-hydrogen) atoms. The van der Waals surface area contributed by atoms with Crippen LogP contribution in [-0.4, -0.2) is 41.4 Å². The van der Waals surface area contributed by atoms with Crippen molar-refractivity contribution >= 4 is 17.4 Å². The highest BCUT2D eigenvalue weighted by molar-refractivity contribution is 6.31. The van der Waals surface area contributed by atoms with Crippen molar-refractivity contribution in [2.24, 2.45) is 0 Å². The van der Waals surface area contributed by atoms with Gasteiger partial charge in [-0.25, -0.2) is 0 Å². The number of aliphatic hydroxyl groups is 2. The maximum atomic E-state index is 11.8. The Kier molecular flexibility index (Phi) is 5.19. The molecule has 0 aliphatic carbocycles. The number of Topliss-reactive ketones (excluding diaryl/α,β-unsaturated/α-hetero) is 1. The van der Waals surface area contributed by atoms with Gasteiger partial charge in [-0.05, 0) is 40.8 Å². The second-order valence-corrected chi connectivity index (χ2v) is 7.43. The first-order valence-corrected chi connectivity index (χ1v) is 9.44. The molecule has 5 nitrogen and oxygen atoms in total. The number of carbonyl (C=O) groups excluding carboxylic acids is 1. The molecule has 3 unspecified atom stereocenters. The molecule has 0 radical (unpaired) electrons. The van der Waals surface area contributed by atoms with Crippen molar-refractivity contribution in [1.29, 1.82) is 0 Å². The standard InChI is InChI=1S/C21H21ClO5/c22-16-3-2-13(19-10-17(24)21(25)20(11-23)27-19)9-15(16)8-12-1-4-18-14(7-12)5-6-26-18/h1-4,7,9,17,19-20,23-24H,5-6,8,10-11H2. The second-order valence-electron chi connectivity index (χ2n) is 7.02. The molecule has 2 aliphatic heterocycles. The highest BCUT2D eigenvalue weighted by atomic mass is 35.5. The molecule has 2 aromatic rings. The molecule has 2 N–H and O–H groups in total. The van der Waals surface area contributed by atoms with Crippen LogP contribution in [0, 0.1) is 0 Å². The van der Waals surface area contributed by atoms with Crippen LogP contribution >= 0.6 is 11.6 Å². The SMILES string of the molecule is O=C1C(O)CC(c2ccc(Cl)c(Cc3ccc4c(c3)CCO4)c2)OC1CO. The van der Waals surface area contributed by atoms with Crippen molar-refractivity contribution in [2.45, 2.75) is 37.6 Å². The molecular formula is C21H21ClO5. The largest absolute Gasteiger partial charge is 0.493 e. The zero-order valence-electron chi connectivity index (χ0n) is 14.7. The number of benzene rings is 2. The van der Waals surface area contributed by atoms with E-state index in [0.717, 1.165) is 35.5 Å². The van der Waals surface area contributed by atoms with Crippen LogP contribution in [0.5, 0.6) is 5.75 Å². The number of hydrogen-bond donors (Lipinski definition) is 2. The fourth-order valence-corrected chi connectivity index (χ4v) is 3.89. The first kappa shape index (κ1) is 18.4. The van der Waals surface area contributed by atoms with Gasteiger partial charge >= 0.3 is 0 Å². The van der Waals surface area contributed by atoms with Gasteiger partial charge in [0.25, 0.3) is 0 Å². The van der Waals surface area contributed by atoms with Crippen LogP contribution in [0.3, 0.4) is 0 Å². The van der Waals surface area contributed by atoms with Crippen molar-refractivity contribution in [3.63, 3.8) is 0 Å². The van der Waals surface area contributed by atoms with Crippen molar-refractivity contribution in [3.05, 3.63) is 63.7 Å². The Hall–Kier alpha value is -1.92. The molecule has 2 heterocycles. The molecule has 3 atom stereocenters. The predicted octanol–water partition coefficient (Wildman–Crippen LogP) is 2.62. The van der Waals surface area contributed by atoms with Crippen molar-refractivity contribution in [3.8, 4) is 5.75 Å². The van der Waals surface area contributed by atoms with E-state index >= 15 is 0 Å². The van der Waals surface area contributed by atoms with Crippen LogP contribution in [0.4, 0.5) is 0 Å². The number of fused-ring (bicyclic) bond motifs is 1. The Bertz CT molecular complexity index is 866. The molecule has 0 spiro atoms. The molecule has 1 saturated heterocycles. The summed E-state index contributed by atoms with van der Waals surface area (Å²) < 4.78 is 11.2. The van der Waals surface area contributed by atoms with E-state index in [4.69, 9.17) is 21.1 Å². The second kappa shape index (κ2) is 7.60. The van der Waals surface area contributed by atoms with Gasteiger partial charge in [-0.15, -0.1) is 0 Å². The highest BCUT2D eigenvalue weighted by Crippen LogP contribution is 2.33. The van der Waals surface area contributed by atoms with Crippen LogP contribution in [0.2, 0.25) is 5.02 Å². The minimum atomic E-state index is -1.13. The predicted molar refractivity (Wildman–Crippen MR) is 100 cm³/mol. The number of aliphatic hydroxyl groups excluding tert-OH is 2. The Morgan fingerprint density at radius 1 is 1.19 bits per heavy atom. The molecule has 0 amide bonds. The minimum Gasteiger partial charge on any atom is -0.493 e. The van der Waals surface area contributed by atoms with Crippen LogP contribution in [0.15, 0.2) is 36.4 Å². The van der Waals surface area contributed by atoms with E-state index in [1.165, 1.54) is 5.56 Å². The smallest absolute Gasteiger partial charge is 0.192 e. The quantitative estimate of drug-likeness (QED) is 0.842. The summed E-state index contributed by atoms with van der Waals surface area (Å²) in [5.41, 5.74) is 4.14. The van der Waals surface area contributed by atoms with E-state index in [1.54, 1.807) is 0 Å². The number of rotatable bonds is 4. The van der Waals surface area contributed by atoms with E-state index in [9.17, 15) is 15.0 Å². The summed E-state index contributed by atoms with van der Waals surface area (Å²) in [4.78, 5) is 11.8. The lowest BCUT2D eigenvalue weighted by Gasteiger charge is -2.31. The zero-order valence-corrected chi connectivity index (χ0v) is 15.5. The van der Waals surface area contributed by atoms with Gasteiger partial charge in [0.05, 0.1) is 19.3 Å². The normalized spacial score (nSPS) is 24.6. The highest BCUT2D eigenvalue weighted by Gasteiger charge is 2.36.